The molecule has 0 saturated carbocycles. The van der Waals surface area contributed by atoms with E-state index in [1.54, 1.807) is 0 Å². The predicted octanol–water partition coefficient (Wildman–Crippen LogP) is 5.37. The first kappa shape index (κ1) is 17.5. The maximum atomic E-state index is 6.35. The Morgan fingerprint density at radius 1 is 1.04 bits per heavy atom. The molecule has 23 heavy (non-hydrogen) atoms. The maximum absolute atomic E-state index is 6.35. The lowest BCUT2D eigenvalue weighted by Crippen LogP contribution is -2.04. The number of hydrogen-bond donors (Lipinski definition) is 1. The molecule has 0 aromatic heterocycles. The van der Waals surface area contributed by atoms with Crippen molar-refractivity contribution in [3.8, 4) is 11.5 Å². The number of halogens is 1. The van der Waals surface area contributed by atoms with Gasteiger partial charge in [-0.15, -0.1) is 0 Å². The van der Waals surface area contributed by atoms with Gasteiger partial charge in [0.05, 0.1) is 18.2 Å². The van der Waals surface area contributed by atoms with Crippen LogP contribution in [-0.4, -0.2) is 13.2 Å². The van der Waals surface area contributed by atoms with Gasteiger partial charge in [0.15, 0.2) is 11.5 Å². The summed E-state index contributed by atoms with van der Waals surface area (Å²) in [6.45, 7) is 9.92. The van der Waals surface area contributed by atoms with Gasteiger partial charge in [-0.2, -0.15) is 0 Å². The summed E-state index contributed by atoms with van der Waals surface area (Å²) < 4.78 is 11.3. The van der Waals surface area contributed by atoms with Crippen LogP contribution in [0.4, 0.5) is 5.69 Å². The van der Waals surface area contributed by atoms with Crippen molar-refractivity contribution < 1.29 is 9.47 Å². The van der Waals surface area contributed by atoms with Crippen LogP contribution >= 0.6 is 11.6 Å². The van der Waals surface area contributed by atoms with Crippen LogP contribution in [-0.2, 0) is 6.54 Å². The highest BCUT2D eigenvalue weighted by Gasteiger charge is 2.12. The Morgan fingerprint density at radius 3 is 2.48 bits per heavy atom. The average molecular weight is 334 g/mol. The summed E-state index contributed by atoms with van der Waals surface area (Å²) in [5, 5.41) is 4.04. The van der Waals surface area contributed by atoms with E-state index in [0.29, 0.717) is 36.3 Å². The van der Waals surface area contributed by atoms with Crippen LogP contribution in [0, 0.1) is 13.8 Å². The molecule has 124 valence electrons. The second kappa shape index (κ2) is 8.11. The zero-order valence-corrected chi connectivity index (χ0v) is 15.0. The number of hydrogen-bond acceptors (Lipinski definition) is 3. The SMILES string of the molecule is CCOc1cc(CNc2cccc(C)c2C)cc(Cl)c1OCC. The molecule has 2 aromatic carbocycles. The standard InChI is InChI=1S/C19H24ClNO2/c1-5-22-18-11-15(10-16(20)19(18)23-6-2)12-21-17-9-7-8-13(3)14(17)4/h7-11,21H,5-6,12H2,1-4H3. The number of benzene rings is 2. The van der Waals surface area contributed by atoms with Gasteiger partial charge in [0.25, 0.3) is 0 Å². The third-order valence-corrected chi connectivity index (χ3v) is 4.03. The van der Waals surface area contributed by atoms with Crippen molar-refractivity contribution in [3.05, 3.63) is 52.0 Å². The van der Waals surface area contributed by atoms with E-state index in [0.717, 1.165) is 11.3 Å². The van der Waals surface area contributed by atoms with Gasteiger partial charge in [0.2, 0.25) is 0 Å². The first-order valence-electron chi connectivity index (χ1n) is 7.94. The number of aryl methyl sites for hydroxylation is 1. The van der Waals surface area contributed by atoms with Crippen LogP contribution in [0.3, 0.4) is 0 Å². The molecule has 0 saturated heterocycles. The molecule has 0 aliphatic carbocycles. The maximum Gasteiger partial charge on any atom is 0.179 e. The quantitative estimate of drug-likeness (QED) is 0.739. The summed E-state index contributed by atoms with van der Waals surface area (Å²) in [6, 6.07) is 10.2. The summed E-state index contributed by atoms with van der Waals surface area (Å²) in [5.41, 5.74) is 4.72. The smallest absolute Gasteiger partial charge is 0.179 e. The Morgan fingerprint density at radius 2 is 1.78 bits per heavy atom. The van der Waals surface area contributed by atoms with Crippen LogP contribution < -0.4 is 14.8 Å². The molecular formula is C19H24ClNO2. The molecule has 0 unspecified atom stereocenters. The first-order valence-corrected chi connectivity index (χ1v) is 8.32. The molecule has 1 N–H and O–H groups in total. The minimum atomic E-state index is 0.555. The molecule has 0 aliphatic heterocycles. The summed E-state index contributed by atoms with van der Waals surface area (Å²) in [5.74, 6) is 1.31. The summed E-state index contributed by atoms with van der Waals surface area (Å²) >= 11 is 6.35. The molecule has 3 nitrogen and oxygen atoms in total. The number of anilines is 1. The molecule has 0 atom stereocenters. The Labute approximate surface area is 143 Å². The highest BCUT2D eigenvalue weighted by atomic mass is 35.5. The highest BCUT2D eigenvalue weighted by molar-refractivity contribution is 6.32. The molecule has 0 radical (unpaired) electrons. The van der Waals surface area contributed by atoms with Crippen molar-refractivity contribution >= 4 is 17.3 Å². The molecule has 0 aliphatic rings. The normalized spacial score (nSPS) is 10.5. The molecule has 2 rings (SSSR count). The summed E-state index contributed by atoms with van der Waals surface area (Å²) in [6.07, 6.45) is 0. The van der Waals surface area contributed by atoms with Crippen LogP contribution in [0.1, 0.15) is 30.5 Å². The molecule has 0 fully saturated rings. The van der Waals surface area contributed by atoms with Gasteiger partial charge in [-0.05, 0) is 62.6 Å². The number of nitrogens with one attached hydrogen (secondary N) is 1. The van der Waals surface area contributed by atoms with Gasteiger partial charge in [0, 0.05) is 12.2 Å². The van der Waals surface area contributed by atoms with E-state index in [1.165, 1.54) is 11.1 Å². The molecule has 4 heteroatoms. The fraction of sp³-hybridized carbons (Fsp3) is 0.368. The van der Waals surface area contributed by atoms with Crippen LogP contribution in [0.2, 0.25) is 5.02 Å². The zero-order valence-electron chi connectivity index (χ0n) is 14.2. The van der Waals surface area contributed by atoms with Gasteiger partial charge >= 0.3 is 0 Å². The molecule has 0 bridgehead atoms. The number of rotatable bonds is 7. The Bertz CT molecular complexity index is 671. The molecule has 2 aromatic rings. The van der Waals surface area contributed by atoms with Crippen molar-refractivity contribution in [1.82, 2.24) is 0 Å². The van der Waals surface area contributed by atoms with E-state index >= 15 is 0 Å². The van der Waals surface area contributed by atoms with E-state index < -0.39 is 0 Å². The van der Waals surface area contributed by atoms with E-state index in [9.17, 15) is 0 Å². The third kappa shape index (κ3) is 4.32. The first-order chi connectivity index (χ1) is 11.1. The lowest BCUT2D eigenvalue weighted by atomic mass is 10.1. The van der Waals surface area contributed by atoms with Crippen LogP contribution in [0.25, 0.3) is 0 Å². The Balaban J connectivity index is 2.21. The molecule has 0 amide bonds. The van der Waals surface area contributed by atoms with Crippen molar-refractivity contribution in [2.75, 3.05) is 18.5 Å². The largest absolute Gasteiger partial charge is 0.490 e. The van der Waals surface area contributed by atoms with Crippen molar-refractivity contribution in [2.24, 2.45) is 0 Å². The fourth-order valence-corrected chi connectivity index (χ4v) is 2.70. The van der Waals surface area contributed by atoms with Gasteiger partial charge < -0.3 is 14.8 Å². The fourth-order valence-electron chi connectivity index (χ4n) is 2.41. The van der Waals surface area contributed by atoms with Crippen molar-refractivity contribution in [1.29, 1.82) is 0 Å². The summed E-state index contributed by atoms with van der Waals surface area (Å²) in [4.78, 5) is 0. The number of ether oxygens (including phenoxy) is 2. The third-order valence-electron chi connectivity index (χ3n) is 3.75. The summed E-state index contributed by atoms with van der Waals surface area (Å²) in [7, 11) is 0. The van der Waals surface area contributed by atoms with Gasteiger partial charge in [-0.25, -0.2) is 0 Å². The zero-order chi connectivity index (χ0) is 16.8. The van der Waals surface area contributed by atoms with E-state index in [1.807, 2.05) is 26.0 Å². The second-order valence-electron chi connectivity index (χ2n) is 5.37. The average Bonchev–Trinajstić information content (AvgIpc) is 2.52. The van der Waals surface area contributed by atoms with Crippen molar-refractivity contribution in [2.45, 2.75) is 34.2 Å². The highest BCUT2D eigenvalue weighted by Crippen LogP contribution is 2.37. The van der Waals surface area contributed by atoms with Crippen LogP contribution in [0.15, 0.2) is 30.3 Å². The molecule has 0 spiro atoms. The lowest BCUT2D eigenvalue weighted by molar-refractivity contribution is 0.287. The molecular weight excluding hydrogens is 310 g/mol. The van der Waals surface area contributed by atoms with E-state index in [-0.39, 0.29) is 0 Å². The van der Waals surface area contributed by atoms with Crippen LogP contribution in [0.5, 0.6) is 11.5 Å². The lowest BCUT2D eigenvalue weighted by Gasteiger charge is -2.16. The second-order valence-corrected chi connectivity index (χ2v) is 5.78. The topological polar surface area (TPSA) is 30.5 Å². The van der Waals surface area contributed by atoms with Crippen molar-refractivity contribution in [3.63, 3.8) is 0 Å². The Kier molecular flexibility index (Phi) is 6.17. The minimum Gasteiger partial charge on any atom is -0.490 e. The van der Waals surface area contributed by atoms with Gasteiger partial charge in [-0.1, -0.05) is 23.7 Å². The van der Waals surface area contributed by atoms with E-state index in [4.69, 9.17) is 21.1 Å². The monoisotopic (exact) mass is 333 g/mol. The van der Waals surface area contributed by atoms with Gasteiger partial charge in [0.1, 0.15) is 0 Å². The van der Waals surface area contributed by atoms with Gasteiger partial charge in [-0.3, -0.25) is 0 Å². The minimum absolute atomic E-state index is 0.555. The van der Waals surface area contributed by atoms with E-state index in [2.05, 4.69) is 37.4 Å². The predicted molar refractivity (Wildman–Crippen MR) is 97.0 cm³/mol. The molecule has 0 heterocycles. The Hall–Kier alpha value is -1.87.